The van der Waals surface area contributed by atoms with Crippen molar-refractivity contribution in [1.82, 2.24) is 4.90 Å². The van der Waals surface area contributed by atoms with Crippen molar-refractivity contribution in [1.29, 1.82) is 0 Å². The molecule has 0 spiro atoms. The summed E-state index contributed by atoms with van der Waals surface area (Å²) in [6.07, 6.45) is 0. The van der Waals surface area contributed by atoms with Crippen LogP contribution in [0, 0.1) is 0 Å². The zero-order chi connectivity index (χ0) is 14.5. The fraction of sp³-hybridized carbons (Fsp3) is 0.562. The van der Waals surface area contributed by atoms with Gasteiger partial charge < -0.3 is 9.64 Å². The molecule has 0 heterocycles. The molecule has 0 bridgehead atoms. The minimum atomic E-state index is 0.0323. The van der Waals surface area contributed by atoms with Gasteiger partial charge in [-0.3, -0.25) is 4.79 Å². The summed E-state index contributed by atoms with van der Waals surface area (Å²) < 4.78 is 5.53. The van der Waals surface area contributed by atoms with Crippen molar-refractivity contribution in [3.8, 4) is 5.75 Å². The normalized spacial score (nSPS) is 11.2. The molecule has 19 heavy (non-hydrogen) atoms. The van der Waals surface area contributed by atoms with Gasteiger partial charge in [-0.2, -0.15) is 0 Å². The van der Waals surface area contributed by atoms with Crippen LogP contribution in [-0.4, -0.2) is 30.5 Å². The van der Waals surface area contributed by atoms with Gasteiger partial charge in [-0.05, 0) is 37.0 Å². The van der Waals surface area contributed by atoms with Crippen molar-refractivity contribution in [3.63, 3.8) is 0 Å². The summed E-state index contributed by atoms with van der Waals surface area (Å²) in [4.78, 5) is 13.6. The van der Waals surface area contributed by atoms with Gasteiger partial charge in [0.2, 0.25) is 0 Å². The molecule has 0 aliphatic heterocycles. The lowest BCUT2D eigenvalue weighted by Crippen LogP contribution is -2.34. The Morgan fingerprint density at radius 1 is 1.11 bits per heavy atom. The average molecular weight is 263 g/mol. The van der Waals surface area contributed by atoms with Crippen LogP contribution < -0.4 is 4.74 Å². The molecule has 0 N–H and O–H groups in total. The van der Waals surface area contributed by atoms with Crippen LogP contribution in [0.3, 0.4) is 0 Å². The Bertz CT molecular complexity index is 400. The second kappa shape index (κ2) is 6.60. The van der Waals surface area contributed by atoms with E-state index in [4.69, 9.17) is 4.74 Å². The van der Waals surface area contributed by atoms with Gasteiger partial charge in [0.05, 0.1) is 0 Å². The maximum atomic E-state index is 11.8. The zero-order valence-electron chi connectivity index (χ0n) is 12.7. The molecule has 106 valence electrons. The fourth-order valence-corrected chi connectivity index (χ4v) is 1.86. The van der Waals surface area contributed by atoms with Gasteiger partial charge >= 0.3 is 0 Å². The monoisotopic (exact) mass is 263 g/mol. The molecule has 0 unspecified atom stereocenters. The molecule has 3 nitrogen and oxygen atoms in total. The molecule has 0 radical (unpaired) electrons. The molecule has 0 fully saturated rings. The Morgan fingerprint density at radius 3 is 2.05 bits per heavy atom. The SMILES string of the molecule is CCN(CC)C(=O)COc1ccc(C(C)(C)C)cc1. The van der Waals surface area contributed by atoms with Crippen LogP contribution in [-0.2, 0) is 10.2 Å². The Hall–Kier alpha value is -1.51. The molecular formula is C16H25NO2. The smallest absolute Gasteiger partial charge is 0.260 e. The van der Waals surface area contributed by atoms with Crippen molar-refractivity contribution >= 4 is 5.91 Å². The molecule has 1 aromatic rings. The van der Waals surface area contributed by atoms with Crippen LogP contribution in [0.15, 0.2) is 24.3 Å². The number of benzene rings is 1. The molecule has 3 heteroatoms. The number of hydrogen-bond acceptors (Lipinski definition) is 2. The summed E-state index contributed by atoms with van der Waals surface area (Å²) in [7, 11) is 0. The number of carbonyl (C=O) groups is 1. The molecule has 1 aromatic carbocycles. The molecule has 1 amide bonds. The maximum Gasteiger partial charge on any atom is 0.260 e. The topological polar surface area (TPSA) is 29.5 Å². The summed E-state index contributed by atoms with van der Waals surface area (Å²) in [6.45, 7) is 12.0. The third kappa shape index (κ3) is 4.58. The highest BCUT2D eigenvalue weighted by Gasteiger charge is 2.14. The van der Waals surface area contributed by atoms with E-state index in [1.165, 1.54) is 5.56 Å². The first-order valence-electron chi connectivity index (χ1n) is 6.89. The predicted octanol–water partition coefficient (Wildman–Crippen LogP) is 3.23. The first-order chi connectivity index (χ1) is 8.88. The first-order valence-corrected chi connectivity index (χ1v) is 6.89. The van der Waals surface area contributed by atoms with E-state index in [9.17, 15) is 4.79 Å². The third-order valence-electron chi connectivity index (χ3n) is 3.20. The maximum absolute atomic E-state index is 11.8. The van der Waals surface area contributed by atoms with Crippen molar-refractivity contribution in [2.75, 3.05) is 19.7 Å². The van der Waals surface area contributed by atoms with E-state index in [-0.39, 0.29) is 17.9 Å². The number of nitrogens with zero attached hydrogens (tertiary/aromatic N) is 1. The van der Waals surface area contributed by atoms with Gasteiger partial charge in [0, 0.05) is 13.1 Å². The average Bonchev–Trinajstić information content (AvgIpc) is 2.37. The molecule has 0 aliphatic carbocycles. The summed E-state index contributed by atoms with van der Waals surface area (Å²) in [5.41, 5.74) is 1.39. The van der Waals surface area contributed by atoms with E-state index in [1.807, 2.05) is 26.0 Å². The van der Waals surface area contributed by atoms with E-state index >= 15 is 0 Å². The summed E-state index contributed by atoms with van der Waals surface area (Å²) in [5, 5.41) is 0. The van der Waals surface area contributed by atoms with E-state index < -0.39 is 0 Å². The third-order valence-corrected chi connectivity index (χ3v) is 3.20. The molecule has 0 atom stereocenters. The zero-order valence-corrected chi connectivity index (χ0v) is 12.7. The number of carbonyl (C=O) groups excluding carboxylic acids is 1. The highest BCUT2D eigenvalue weighted by Crippen LogP contribution is 2.24. The van der Waals surface area contributed by atoms with Gasteiger partial charge in [0.15, 0.2) is 6.61 Å². The Morgan fingerprint density at radius 2 is 1.63 bits per heavy atom. The van der Waals surface area contributed by atoms with Crippen LogP contribution >= 0.6 is 0 Å². The lowest BCUT2D eigenvalue weighted by molar-refractivity contribution is -0.132. The Balaban J connectivity index is 2.57. The molecule has 0 aromatic heterocycles. The van der Waals surface area contributed by atoms with Crippen LogP contribution in [0.25, 0.3) is 0 Å². The van der Waals surface area contributed by atoms with Gasteiger partial charge in [-0.25, -0.2) is 0 Å². The van der Waals surface area contributed by atoms with Gasteiger partial charge in [-0.1, -0.05) is 32.9 Å². The van der Waals surface area contributed by atoms with Crippen molar-refractivity contribution in [3.05, 3.63) is 29.8 Å². The highest BCUT2D eigenvalue weighted by molar-refractivity contribution is 5.77. The van der Waals surface area contributed by atoms with Crippen LogP contribution in [0.1, 0.15) is 40.2 Å². The number of hydrogen-bond donors (Lipinski definition) is 0. The fourth-order valence-electron chi connectivity index (χ4n) is 1.86. The van der Waals surface area contributed by atoms with Crippen molar-refractivity contribution in [2.45, 2.75) is 40.0 Å². The van der Waals surface area contributed by atoms with Crippen molar-refractivity contribution in [2.24, 2.45) is 0 Å². The molecule has 0 aliphatic rings. The lowest BCUT2D eigenvalue weighted by Gasteiger charge is -2.20. The van der Waals surface area contributed by atoms with Crippen LogP contribution in [0.2, 0.25) is 0 Å². The second-order valence-corrected chi connectivity index (χ2v) is 5.63. The number of rotatable bonds is 5. The Labute approximate surface area is 116 Å². The van der Waals surface area contributed by atoms with E-state index in [1.54, 1.807) is 4.90 Å². The van der Waals surface area contributed by atoms with Gasteiger partial charge in [0.1, 0.15) is 5.75 Å². The molecule has 0 saturated carbocycles. The van der Waals surface area contributed by atoms with Crippen LogP contribution in [0.4, 0.5) is 0 Å². The van der Waals surface area contributed by atoms with Gasteiger partial charge in [0.25, 0.3) is 5.91 Å². The Kier molecular flexibility index (Phi) is 5.40. The van der Waals surface area contributed by atoms with Crippen LogP contribution in [0.5, 0.6) is 5.75 Å². The first kappa shape index (κ1) is 15.5. The minimum Gasteiger partial charge on any atom is -0.484 e. The summed E-state index contributed by atoms with van der Waals surface area (Å²) in [6, 6.07) is 7.96. The highest BCUT2D eigenvalue weighted by atomic mass is 16.5. The number of ether oxygens (including phenoxy) is 1. The quantitative estimate of drug-likeness (QED) is 0.816. The standard InChI is InChI=1S/C16H25NO2/c1-6-17(7-2)15(18)12-19-14-10-8-13(9-11-14)16(3,4)5/h8-11H,6-7,12H2,1-5H3. The molecule has 0 saturated heterocycles. The van der Waals surface area contributed by atoms with Gasteiger partial charge in [-0.15, -0.1) is 0 Å². The van der Waals surface area contributed by atoms with E-state index in [0.29, 0.717) is 0 Å². The second-order valence-electron chi connectivity index (χ2n) is 5.63. The molecular weight excluding hydrogens is 238 g/mol. The predicted molar refractivity (Wildman–Crippen MR) is 78.6 cm³/mol. The number of likely N-dealkylation sites (N-methyl/N-ethyl adjacent to an activating group) is 1. The molecule has 1 rings (SSSR count). The lowest BCUT2D eigenvalue weighted by atomic mass is 9.87. The van der Waals surface area contributed by atoms with Crippen molar-refractivity contribution < 1.29 is 9.53 Å². The summed E-state index contributed by atoms with van der Waals surface area (Å²) >= 11 is 0. The van der Waals surface area contributed by atoms with E-state index in [2.05, 4.69) is 32.9 Å². The number of amides is 1. The van der Waals surface area contributed by atoms with E-state index in [0.717, 1.165) is 18.8 Å². The largest absolute Gasteiger partial charge is 0.484 e. The summed E-state index contributed by atoms with van der Waals surface area (Å²) in [5.74, 6) is 0.776. The minimum absolute atomic E-state index is 0.0323.